The molecule has 0 aliphatic heterocycles. The Kier molecular flexibility index (Phi) is 5.24. The Bertz CT molecular complexity index is 594. The maximum atomic E-state index is 11.7. The van der Waals surface area contributed by atoms with Crippen LogP contribution in [-0.4, -0.2) is 32.7 Å². The predicted molar refractivity (Wildman–Crippen MR) is 77.8 cm³/mol. The molecule has 1 aromatic rings. The normalized spacial score (nSPS) is 14.8. The van der Waals surface area contributed by atoms with E-state index in [1.807, 2.05) is 13.8 Å². The average molecular weight is 300 g/mol. The Labute approximate surface area is 119 Å². The van der Waals surface area contributed by atoms with E-state index in [-0.39, 0.29) is 22.5 Å². The highest BCUT2D eigenvalue weighted by Crippen LogP contribution is 2.34. The number of para-hydroxylation sites is 1. The standard InChI is InChI=1S/C13H20N2O4S/c1-5-11(14-3)9(2)10-7-6-8-12(20(4,18)19)13(10)15(16)17/h6-9,11,14H,5H2,1-4H3. The molecule has 0 aromatic heterocycles. The summed E-state index contributed by atoms with van der Waals surface area (Å²) in [5.74, 6) is -0.160. The van der Waals surface area contributed by atoms with E-state index < -0.39 is 14.8 Å². The molecule has 0 fully saturated rings. The molecule has 0 amide bonds. The summed E-state index contributed by atoms with van der Waals surface area (Å²) in [5.41, 5.74) is 0.135. The Hall–Kier alpha value is -1.47. The molecule has 1 N–H and O–H groups in total. The third-order valence-corrected chi connectivity index (χ3v) is 4.65. The summed E-state index contributed by atoms with van der Waals surface area (Å²) >= 11 is 0. The lowest BCUT2D eigenvalue weighted by molar-refractivity contribution is -0.388. The maximum absolute atomic E-state index is 11.7. The third kappa shape index (κ3) is 3.34. The molecule has 2 unspecified atom stereocenters. The van der Waals surface area contributed by atoms with Crippen LogP contribution in [0, 0.1) is 10.1 Å². The van der Waals surface area contributed by atoms with Gasteiger partial charge in [0.1, 0.15) is 4.90 Å². The Morgan fingerprint density at radius 3 is 2.40 bits per heavy atom. The van der Waals surface area contributed by atoms with Crippen LogP contribution in [0.15, 0.2) is 23.1 Å². The fourth-order valence-corrected chi connectivity index (χ4v) is 3.30. The smallest absolute Gasteiger partial charge is 0.291 e. The van der Waals surface area contributed by atoms with Gasteiger partial charge >= 0.3 is 0 Å². The summed E-state index contributed by atoms with van der Waals surface area (Å²) in [5, 5.41) is 14.4. The lowest BCUT2D eigenvalue weighted by Crippen LogP contribution is -2.30. The van der Waals surface area contributed by atoms with Crippen molar-refractivity contribution in [2.24, 2.45) is 0 Å². The van der Waals surface area contributed by atoms with Crippen molar-refractivity contribution in [1.82, 2.24) is 5.32 Å². The van der Waals surface area contributed by atoms with E-state index in [1.165, 1.54) is 6.07 Å². The Morgan fingerprint density at radius 1 is 1.40 bits per heavy atom. The topological polar surface area (TPSA) is 89.3 Å². The van der Waals surface area contributed by atoms with E-state index in [1.54, 1.807) is 19.2 Å². The number of nitro benzene ring substituents is 1. The van der Waals surface area contributed by atoms with Gasteiger partial charge in [0.25, 0.3) is 5.69 Å². The highest BCUT2D eigenvalue weighted by Gasteiger charge is 2.30. The summed E-state index contributed by atoms with van der Waals surface area (Å²) in [6, 6.07) is 4.50. The van der Waals surface area contributed by atoms with E-state index in [0.717, 1.165) is 12.7 Å². The van der Waals surface area contributed by atoms with Gasteiger partial charge in [-0.2, -0.15) is 0 Å². The number of hydrogen-bond acceptors (Lipinski definition) is 5. The van der Waals surface area contributed by atoms with E-state index in [0.29, 0.717) is 5.56 Å². The first-order chi connectivity index (χ1) is 9.23. The van der Waals surface area contributed by atoms with Gasteiger partial charge in [0.05, 0.1) is 4.92 Å². The zero-order chi connectivity index (χ0) is 15.5. The maximum Gasteiger partial charge on any atom is 0.291 e. The highest BCUT2D eigenvalue weighted by molar-refractivity contribution is 7.90. The second-order valence-electron chi connectivity index (χ2n) is 4.82. The zero-order valence-corrected chi connectivity index (χ0v) is 12.9. The molecule has 112 valence electrons. The summed E-state index contributed by atoms with van der Waals surface area (Å²) in [6.45, 7) is 3.84. The van der Waals surface area contributed by atoms with Crippen LogP contribution in [0.3, 0.4) is 0 Å². The molecule has 1 rings (SSSR count). The summed E-state index contributed by atoms with van der Waals surface area (Å²) in [4.78, 5) is 10.5. The Balaban J connectivity index is 3.52. The number of sulfone groups is 1. The van der Waals surface area contributed by atoms with Crippen LogP contribution in [0.5, 0.6) is 0 Å². The molecule has 0 radical (unpaired) electrons. The lowest BCUT2D eigenvalue weighted by atomic mass is 9.90. The minimum atomic E-state index is -3.64. The first kappa shape index (κ1) is 16.6. The average Bonchev–Trinajstić information content (AvgIpc) is 2.37. The van der Waals surface area contributed by atoms with Gasteiger partial charge in [-0.1, -0.05) is 26.0 Å². The fraction of sp³-hybridized carbons (Fsp3) is 0.538. The second kappa shape index (κ2) is 6.32. The number of nitrogens with zero attached hydrogens (tertiary/aromatic N) is 1. The van der Waals surface area contributed by atoms with Gasteiger partial charge < -0.3 is 5.32 Å². The van der Waals surface area contributed by atoms with Crippen molar-refractivity contribution in [2.75, 3.05) is 13.3 Å². The molecule has 0 saturated heterocycles. The first-order valence-electron chi connectivity index (χ1n) is 6.38. The lowest BCUT2D eigenvalue weighted by Gasteiger charge is -2.22. The minimum Gasteiger partial charge on any atom is -0.316 e. The molecule has 0 bridgehead atoms. The van der Waals surface area contributed by atoms with Gasteiger partial charge in [0.15, 0.2) is 9.84 Å². The highest BCUT2D eigenvalue weighted by atomic mass is 32.2. The number of nitrogens with one attached hydrogen (secondary N) is 1. The van der Waals surface area contributed by atoms with Crippen molar-refractivity contribution in [3.63, 3.8) is 0 Å². The number of hydrogen-bond donors (Lipinski definition) is 1. The molecule has 0 aliphatic carbocycles. The van der Waals surface area contributed by atoms with Gasteiger partial charge in [-0.05, 0) is 19.5 Å². The summed E-state index contributed by atoms with van der Waals surface area (Å²) in [7, 11) is -1.85. The third-order valence-electron chi connectivity index (χ3n) is 3.52. The molecular weight excluding hydrogens is 280 g/mol. The van der Waals surface area contributed by atoms with Crippen molar-refractivity contribution >= 4 is 15.5 Å². The second-order valence-corrected chi connectivity index (χ2v) is 6.80. The fourth-order valence-electron chi connectivity index (χ4n) is 2.43. The molecule has 20 heavy (non-hydrogen) atoms. The number of rotatable bonds is 6. The summed E-state index contributed by atoms with van der Waals surface area (Å²) < 4.78 is 23.4. The van der Waals surface area contributed by atoms with Crippen molar-refractivity contribution in [2.45, 2.75) is 37.1 Å². The van der Waals surface area contributed by atoms with Gasteiger partial charge in [-0.3, -0.25) is 10.1 Å². The van der Waals surface area contributed by atoms with E-state index in [2.05, 4.69) is 5.32 Å². The van der Waals surface area contributed by atoms with E-state index in [9.17, 15) is 18.5 Å². The molecule has 2 atom stereocenters. The number of likely N-dealkylation sites (N-methyl/N-ethyl adjacent to an activating group) is 1. The van der Waals surface area contributed by atoms with Crippen LogP contribution in [0.4, 0.5) is 5.69 Å². The quantitative estimate of drug-likeness (QED) is 0.642. The van der Waals surface area contributed by atoms with Crippen LogP contribution < -0.4 is 5.32 Å². The molecule has 0 heterocycles. The molecule has 1 aromatic carbocycles. The monoisotopic (exact) mass is 300 g/mol. The Morgan fingerprint density at radius 2 is 2.00 bits per heavy atom. The van der Waals surface area contributed by atoms with Crippen LogP contribution in [0.1, 0.15) is 31.7 Å². The molecular formula is C13H20N2O4S. The van der Waals surface area contributed by atoms with Crippen LogP contribution in [0.25, 0.3) is 0 Å². The minimum absolute atomic E-state index is 0.0449. The molecule has 6 nitrogen and oxygen atoms in total. The van der Waals surface area contributed by atoms with E-state index >= 15 is 0 Å². The number of benzene rings is 1. The van der Waals surface area contributed by atoms with Gasteiger partial charge in [0, 0.05) is 23.8 Å². The van der Waals surface area contributed by atoms with Crippen LogP contribution in [0.2, 0.25) is 0 Å². The SMILES string of the molecule is CCC(NC)C(C)c1cccc(S(C)(=O)=O)c1[N+](=O)[O-]. The predicted octanol–water partition coefficient (Wildman–Crippen LogP) is 2.10. The molecule has 7 heteroatoms. The van der Waals surface area contributed by atoms with Crippen LogP contribution >= 0.6 is 0 Å². The van der Waals surface area contributed by atoms with Crippen molar-refractivity contribution in [3.05, 3.63) is 33.9 Å². The summed E-state index contributed by atoms with van der Waals surface area (Å²) in [6.07, 6.45) is 1.77. The van der Waals surface area contributed by atoms with Gasteiger partial charge in [0.2, 0.25) is 0 Å². The van der Waals surface area contributed by atoms with Crippen molar-refractivity contribution in [1.29, 1.82) is 0 Å². The van der Waals surface area contributed by atoms with Crippen LogP contribution in [-0.2, 0) is 9.84 Å². The van der Waals surface area contributed by atoms with Gasteiger partial charge in [-0.15, -0.1) is 0 Å². The van der Waals surface area contributed by atoms with E-state index in [4.69, 9.17) is 0 Å². The molecule has 0 spiro atoms. The van der Waals surface area contributed by atoms with Crippen molar-refractivity contribution in [3.8, 4) is 0 Å². The number of nitro groups is 1. The largest absolute Gasteiger partial charge is 0.316 e. The molecule has 0 saturated carbocycles. The van der Waals surface area contributed by atoms with Gasteiger partial charge in [-0.25, -0.2) is 8.42 Å². The zero-order valence-electron chi connectivity index (χ0n) is 12.1. The molecule has 0 aliphatic rings. The van der Waals surface area contributed by atoms with Crippen molar-refractivity contribution < 1.29 is 13.3 Å². The first-order valence-corrected chi connectivity index (χ1v) is 8.27.